The van der Waals surface area contributed by atoms with Gasteiger partial charge in [0.05, 0.1) is 23.9 Å². The van der Waals surface area contributed by atoms with Crippen LogP contribution < -0.4 is 69.8 Å². The maximum absolute atomic E-state index is 14.8. The summed E-state index contributed by atoms with van der Waals surface area (Å²) in [5, 5.41) is 29.0. The van der Waals surface area contributed by atoms with Gasteiger partial charge < -0.3 is 75.1 Å². The standard InChI is InChI=1S/C55H78N14O14S3/c1-5-30(2)47-54(80)63-37(21-22-44(57)71)50(76)65-39(26-45(58)72)51(77)66-40(29-85-84-28-35(56)48(74)64-38(52(78)67-47)25-31-17-19-32(70)20-18-31)55(81)69-24-10-15-42(69)53(79)62-36(49(75)60-27-46(59)73)13-6-7-23-61-86(82,83)43-16-9-11-33-34(43)12-8-14-41(33)68(3)4/h8-9,11-12,14,16-20,30,35-40,42,47,61,70H,5-7,10,13,15,21-29,56H2,1-4H3,(H2,57,71)(H2,58,72)(H2,59,73)(H,60,75)(H,62,79)(H,63,80)(H,64,74)(H,65,76)(H,66,77)(H,67,78)/t30-,35-,36-,37-,38-,39+,40-,42-,47-/m0/s1. The van der Waals surface area contributed by atoms with E-state index in [1.54, 1.807) is 32.0 Å². The van der Waals surface area contributed by atoms with Crippen LogP contribution in [0.5, 0.6) is 5.75 Å². The Labute approximate surface area is 506 Å². The smallest absolute Gasteiger partial charge is 0.246 e. The van der Waals surface area contributed by atoms with Gasteiger partial charge in [0, 0.05) is 68.0 Å². The molecule has 2 heterocycles. The Kier molecular flexibility index (Phi) is 26.2. The Morgan fingerprint density at radius 2 is 1.41 bits per heavy atom. The highest BCUT2D eigenvalue weighted by atomic mass is 33.1. The number of phenolic OH excluding ortho intramolecular Hbond substituents is 1. The molecule has 9 atom stereocenters. The van der Waals surface area contributed by atoms with Crippen molar-refractivity contribution < 1.29 is 66.3 Å². The first-order chi connectivity index (χ1) is 40.7. The lowest BCUT2D eigenvalue weighted by atomic mass is 9.96. The average Bonchev–Trinajstić information content (AvgIpc) is 1.40. The summed E-state index contributed by atoms with van der Waals surface area (Å²) in [7, 11) is 1.64. The van der Waals surface area contributed by atoms with Gasteiger partial charge in [0.15, 0.2) is 0 Å². The van der Waals surface area contributed by atoms with Crippen molar-refractivity contribution in [2.45, 2.75) is 131 Å². The first kappa shape index (κ1) is 69.0. The first-order valence-electron chi connectivity index (χ1n) is 27.9. The van der Waals surface area contributed by atoms with Crippen molar-refractivity contribution in [3.05, 3.63) is 66.2 Å². The third kappa shape index (κ3) is 20.2. The molecule has 0 aromatic heterocycles. The summed E-state index contributed by atoms with van der Waals surface area (Å²) in [5.74, 6) is -11.0. The zero-order valence-electron chi connectivity index (χ0n) is 48.3. The molecule has 2 aliphatic heterocycles. The third-order valence-electron chi connectivity index (χ3n) is 14.4. The molecule has 86 heavy (non-hydrogen) atoms. The maximum Gasteiger partial charge on any atom is 0.246 e. The highest BCUT2D eigenvalue weighted by molar-refractivity contribution is 8.76. The van der Waals surface area contributed by atoms with Gasteiger partial charge >= 0.3 is 0 Å². The van der Waals surface area contributed by atoms with Gasteiger partial charge in [0.1, 0.15) is 48.0 Å². The summed E-state index contributed by atoms with van der Waals surface area (Å²) in [6, 6.07) is 4.56. The predicted molar refractivity (Wildman–Crippen MR) is 322 cm³/mol. The van der Waals surface area contributed by atoms with E-state index >= 15 is 0 Å². The molecular weight excluding hydrogens is 1180 g/mol. The monoisotopic (exact) mass is 1250 g/mol. The number of likely N-dealkylation sites (tertiary alicyclic amines) is 1. The van der Waals surface area contributed by atoms with Crippen LogP contribution in [0.25, 0.3) is 10.8 Å². The number of rotatable bonds is 23. The molecular formula is C55H78N14O14S3. The van der Waals surface area contributed by atoms with Crippen LogP contribution >= 0.6 is 21.6 Å². The van der Waals surface area contributed by atoms with E-state index < -0.39 is 155 Å². The van der Waals surface area contributed by atoms with Gasteiger partial charge in [-0.25, -0.2) is 13.1 Å². The number of hydrogen-bond acceptors (Lipinski definition) is 18. The summed E-state index contributed by atoms with van der Waals surface area (Å²) < 4.78 is 29.8. The fourth-order valence-electron chi connectivity index (χ4n) is 9.56. The molecule has 31 heteroatoms. The Bertz CT molecular complexity index is 3080. The van der Waals surface area contributed by atoms with E-state index in [1.807, 2.05) is 31.1 Å². The predicted octanol–water partition coefficient (Wildman–Crippen LogP) is -2.29. The van der Waals surface area contributed by atoms with Gasteiger partial charge in [0.2, 0.25) is 75.0 Å². The second kappa shape index (κ2) is 32.7. The molecule has 3 aromatic carbocycles. The second-order valence-corrected chi connectivity index (χ2v) is 25.5. The highest BCUT2D eigenvalue weighted by Crippen LogP contribution is 2.31. The molecule has 5 rings (SSSR count). The van der Waals surface area contributed by atoms with E-state index in [9.17, 15) is 66.3 Å². The number of benzene rings is 3. The number of hydrogen-bond donors (Lipinski definition) is 13. The minimum absolute atomic E-state index is 0.0305. The number of unbranched alkanes of at least 4 members (excludes halogenated alkanes) is 1. The number of fused-ring (bicyclic) bond motifs is 1. The largest absolute Gasteiger partial charge is 0.508 e. The minimum Gasteiger partial charge on any atom is -0.508 e. The Morgan fingerprint density at radius 1 is 0.767 bits per heavy atom. The summed E-state index contributed by atoms with van der Waals surface area (Å²) in [4.78, 5) is 153. The van der Waals surface area contributed by atoms with E-state index in [1.165, 1.54) is 35.2 Å². The molecule has 0 unspecified atom stereocenters. The van der Waals surface area contributed by atoms with Crippen LogP contribution in [0.4, 0.5) is 5.69 Å². The van der Waals surface area contributed by atoms with Crippen LogP contribution in [0, 0.1) is 5.92 Å². The molecule has 2 aliphatic rings. The van der Waals surface area contributed by atoms with Gasteiger partial charge in [-0.3, -0.25) is 52.7 Å². The first-order valence-corrected chi connectivity index (χ1v) is 31.9. The Morgan fingerprint density at radius 3 is 2.07 bits per heavy atom. The van der Waals surface area contributed by atoms with E-state index in [-0.39, 0.29) is 73.8 Å². The van der Waals surface area contributed by atoms with Gasteiger partial charge in [-0.15, -0.1) is 0 Å². The van der Waals surface area contributed by atoms with Crippen molar-refractivity contribution in [1.82, 2.24) is 46.8 Å². The van der Waals surface area contributed by atoms with Crippen molar-refractivity contribution in [3.8, 4) is 5.75 Å². The third-order valence-corrected chi connectivity index (χ3v) is 18.4. The van der Waals surface area contributed by atoms with Crippen molar-refractivity contribution in [3.63, 3.8) is 0 Å². The van der Waals surface area contributed by atoms with E-state index in [2.05, 4.69) is 41.9 Å². The average molecular weight is 1260 g/mol. The lowest BCUT2D eigenvalue weighted by Gasteiger charge is -2.31. The van der Waals surface area contributed by atoms with Crippen LogP contribution in [0.2, 0.25) is 0 Å². The molecule has 3 aromatic rings. The number of sulfonamides is 1. The number of amides is 11. The van der Waals surface area contributed by atoms with Gasteiger partial charge in [0.25, 0.3) is 0 Å². The number of carbonyl (C=O) groups is 11. The van der Waals surface area contributed by atoms with E-state index in [0.29, 0.717) is 17.4 Å². The number of nitrogens with two attached hydrogens (primary N) is 4. The Balaban J connectivity index is 1.39. The second-order valence-electron chi connectivity index (χ2n) is 21.2. The number of phenols is 1. The molecule has 0 radical (unpaired) electrons. The number of carbonyl (C=O) groups excluding carboxylic acids is 11. The Hall–Kier alpha value is -7.74. The van der Waals surface area contributed by atoms with Gasteiger partial charge in [-0.2, -0.15) is 0 Å². The normalized spacial score (nSPS) is 21.9. The molecule has 2 saturated heterocycles. The highest BCUT2D eigenvalue weighted by Gasteiger charge is 2.41. The minimum atomic E-state index is -4.03. The van der Waals surface area contributed by atoms with Gasteiger partial charge in [-0.1, -0.05) is 78.3 Å². The summed E-state index contributed by atoms with van der Waals surface area (Å²) in [6.45, 7) is 2.71. The number of nitrogens with zero attached hydrogens (tertiary/aromatic N) is 2. The molecule has 28 nitrogen and oxygen atoms in total. The van der Waals surface area contributed by atoms with Crippen LogP contribution in [-0.2, 0) is 69.2 Å². The zero-order valence-corrected chi connectivity index (χ0v) is 50.7. The zero-order chi connectivity index (χ0) is 63.4. The quantitative estimate of drug-likeness (QED) is 0.0351. The SMILES string of the molecule is CC[C@H](C)[C@@H]1NC(=O)[C@H](Cc2ccc(O)cc2)NC(=O)[C@@H](N)CSSC[C@@H](C(=O)N2CCC[C@H]2C(=O)N[C@@H](CCCCNS(=O)(=O)c2cccc3c(N(C)C)cccc23)C(=O)NCC(N)=O)NC(=O)[C@@H](CC(N)=O)NC(=O)[C@H](CCC(N)=O)NC1=O. The van der Waals surface area contributed by atoms with Crippen LogP contribution in [0.3, 0.4) is 0 Å². The number of aromatic hydroxyl groups is 1. The van der Waals surface area contributed by atoms with Crippen LogP contribution in [-0.4, -0.2) is 177 Å². The number of primary amides is 3. The van der Waals surface area contributed by atoms with Gasteiger partial charge in [-0.05, 0) is 74.3 Å². The summed E-state index contributed by atoms with van der Waals surface area (Å²) >= 11 is 0. The maximum atomic E-state index is 14.8. The molecule has 0 saturated carbocycles. The lowest BCUT2D eigenvalue weighted by molar-refractivity contribution is -0.142. The summed E-state index contributed by atoms with van der Waals surface area (Å²) in [5.41, 5.74) is 24.0. The fourth-order valence-corrected chi connectivity index (χ4v) is 13.1. The van der Waals surface area contributed by atoms with Crippen LogP contribution in [0.15, 0.2) is 65.6 Å². The van der Waals surface area contributed by atoms with E-state index in [4.69, 9.17) is 22.9 Å². The van der Waals surface area contributed by atoms with E-state index in [0.717, 1.165) is 32.7 Å². The molecule has 11 amide bonds. The van der Waals surface area contributed by atoms with Crippen molar-refractivity contribution in [2.75, 3.05) is 50.1 Å². The topological polar surface area (TPSA) is 449 Å². The van der Waals surface area contributed by atoms with Crippen molar-refractivity contribution in [1.29, 1.82) is 0 Å². The molecule has 0 aliphatic carbocycles. The lowest BCUT2D eigenvalue weighted by Crippen LogP contribution is -2.61. The summed E-state index contributed by atoms with van der Waals surface area (Å²) in [6.07, 6.45) is -0.887. The molecule has 17 N–H and O–H groups in total. The molecule has 2 fully saturated rings. The fraction of sp³-hybridized carbons (Fsp3) is 0.509. The molecule has 0 spiro atoms. The van der Waals surface area contributed by atoms with Crippen LogP contribution in [0.1, 0.15) is 77.2 Å². The number of nitrogens with one attached hydrogen (secondary N) is 8. The molecule has 0 bridgehead atoms. The van der Waals surface area contributed by atoms with Crippen molar-refractivity contribution in [2.24, 2.45) is 28.9 Å². The molecule has 470 valence electrons. The van der Waals surface area contributed by atoms with Crippen molar-refractivity contribution >= 4 is 113 Å². The number of anilines is 1.